The highest BCUT2D eigenvalue weighted by Crippen LogP contribution is 2.11. The molecule has 0 atom stereocenters. The molecule has 0 saturated heterocycles. The highest BCUT2D eigenvalue weighted by molar-refractivity contribution is 6.01. The van der Waals surface area contributed by atoms with Gasteiger partial charge < -0.3 is 14.6 Å². The largest absolute Gasteiger partial charge is 0.545 e. The van der Waals surface area contributed by atoms with Crippen molar-refractivity contribution in [2.75, 3.05) is 6.61 Å². The number of ether oxygens (including phenoxy) is 1. The van der Waals surface area contributed by atoms with E-state index in [2.05, 4.69) is 6.92 Å². The standard InChI is InChI=1S/C18H26O4/c1-2-3-4-5-6-7-8-11-14-22-18(21)16-13-10-9-12-15(16)17(19)20/h9-10,12-13H,2-8,11,14H2,1H3,(H,19,20)/p-1. The molecule has 0 saturated carbocycles. The molecule has 0 aliphatic carbocycles. The Morgan fingerprint density at radius 3 is 2.05 bits per heavy atom. The molecule has 0 aromatic heterocycles. The first-order chi connectivity index (χ1) is 10.7. The molecule has 4 heteroatoms. The highest BCUT2D eigenvalue weighted by Gasteiger charge is 2.12. The molecule has 1 aromatic carbocycles. The summed E-state index contributed by atoms with van der Waals surface area (Å²) in [6.07, 6.45) is 9.34. The third-order valence-corrected chi connectivity index (χ3v) is 3.60. The van der Waals surface area contributed by atoms with Crippen LogP contribution in [0.25, 0.3) is 0 Å². The van der Waals surface area contributed by atoms with Gasteiger partial charge in [-0.3, -0.25) is 0 Å². The number of esters is 1. The zero-order valence-electron chi connectivity index (χ0n) is 13.3. The number of hydrogen-bond donors (Lipinski definition) is 0. The van der Waals surface area contributed by atoms with E-state index in [1.54, 1.807) is 12.1 Å². The van der Waals surface area contributed by atoms with Gasteiger partial charge in [-0.15, -0.1) is 0 Å². The molecule has 0 unspecified atom stereocenters. The van der Waals surface area contributed by atoms with Crippen LogP contribution in [0, 0.1) is 0 Å². The average molecular weight is 305 g/mol. The van der Waals surface area contributed by atoms with Gasteiger partial charge in [0.15, 0.2) is 0 Å². The second kappa shape index (κ2) is 10.8. The maximum absolute atomic E-state index is 11.9. The van der Waals surface area contributed by atoms with E-state index in [1.807, 2.05) is 0 Å². The normalized spacial score (nSPS) is 10.4. The van der Waals surface area contributed by atoms with Gasteiger partial charge in [-0.05, 0) is 12.5 Å². The summed E-state index contributed by atoms with van der Waals surface area (Å²) in [6, 6.07) is 5.96. The molecule has 0 spiro atoms. The van der Waals surface area contributed by atoms with Crippen molar-refractivity contribution in [3.05, 3.63) is 35.4 Å². The SMILES string of the molecule is CCCCCCCCCCOC(=O)c1ccccc1C(=O)[O-]. The van der Waals surface area contributed by atoms with Gasteiger partial charge in [-0.2, -0.15) is 0 Å². The van der Waals surface area contributed by atoms with E-state index in [0.717, 1.165) is 19.3 Å². The van der Waals surface area contributed by atoms with Gasteiger partial charge in [0.1, 0.15) is 0 Å². The molecule has 0 radical (unpaired) electrons. The number of benzene rings is 1. The van der Waals surface area contributed by atoms with Crippen LogP contribution in [0.3, 0.4) is 0 Å². The Balaban J connectivity index is 2.20. The van der Waals surface area contributed by atoms with Crippen LogP contribution < -0.4 is 5.11 Å². The van der Waals surface area contributed by atoms with Crippen LogP contribution in [-0.4, -0.2) is 18.5 Å². The smallest absolute Gasteiger partial charge is 0.338 e. The van der Waals surface area contributed by atoms with Crippen LogP contribution >= 0.6 is 0 Å². The van der Waals surface area contributed by atoms with E-state index in [-0.39, 0.29) is 11.1 Å². The molecule has 0 bridgehead atoms. The summed E-state index contributed by atoms with van der Waals surface area (Å²) in [5, 5.41) is 10.9. The van der Waals surface area contributed by atoms with Crippen molar-refractivity contribution < 1.29 is 19.4 Å². The van der Waals surface area contributed by atoms with Crippen molar-refractivity contribution in [3.63, 3.8) is 0 Å². The molecular weight excluding hydrogens is 280 g/mol. The summed E-state index contributed by atoms with van der Waals surface area (Å²) >= 11 is 0. The van der Waals surface area contributed by atoms with Crippen molar-refractivity contribution >= 4 is 11.9 Å². The fourth-order valence-corrected chi connectivity index (χ4v) is 2.32. The third kappa shape index (κ3) is 6.74. The highest BCUT2D eigenvalue weighted by atomic mass is 16.5. The van der Waals surface area contributed by atoms with Crippen LogP contribution in [0.5, 0.6) is 0 Å². The van der Waals surface area contributed by atoms with Crippen LogP contribution in [0.15, 0.2) is 24.3 Å². The molecule has 4 nitrogen and oxygen atoms in total. The molecule has 22 heavy (non-hydrogen) atoms. The summed E-state index contributed by atoms with van der Waals surface area (Å²) < 4.78 is 5.13. The van der Waals surface area contributed by atoms with Crippen LogP contribution in [0.2, 0.25) is 0 Å². The van der Waals surface area contributed by atoms with Crippen molar-refractivity contribution in [3.8, 4) is 0 Å². The van der Waals surface area contributed by atoms with Crippen molar-refractivity contribution in [1.29, 1.82) is 0 Å². The molecule has 122 valence electrons. The van der Waals surface area contributed by atoms with Gasteiger partial charge in [-0.1, -0.05) is 70.1 Å². The van der Waals surface area contributed by atoms with Gasteiger partial charge in [0.2, 0.25) is 0 Å². The molecule has 0 fully saturated rings. The Labute approximate surface area is 132 Å². The van der Waals surface area contributed by atoms with Crippen LogP contribution in [0.4, 0.5) is 0 Å². The molecular formula is C18H25O4-. The number of hydrogen-bond acceptors (Lipinski definition) is 4. The summed E-state index contributed by atoms with van der Waals surface area (Å²) in [7, 11) is 0. The molecule has 0 N–H and O–H groups in total. The predicted octanol–water partition coefficient (Wildman–Crippen LogP) is 3.35. The fraction of sp³-hybridized carbons (Fsp3) is 0.556. The van der Waals surface area contributed by atoms with Crippen LogP contribution in [-0.2, 0) is 4.74 Å². The molecule has 0 amide bonds. The Kier molecular flexibility index (Phi) is 8.96. The molecule has 0 aliphatic rings. The Morgan fingerprint density at radius 2 is 1.45 bits per heavy atom. The zero-order chi connectivity index (χ0) is 16.2. The van der Waals surface area contributed by atoms with E-state index >= 15 is 0 Å². The summed E-state index contributed by atoms with van der Waals surface area (Å²) in [4.78, 5) is 22.8. The summed E-state index contributed by atoms with van der Waals surface area (Å²) in [5.74, 6) is -1.96. The predicted molar refractivity (Wildman–Crippen MR) is 83.7 cm³/mol. The number of carbonyl (C=O) groups excluding carboxylic acids is 2. The Hall–Kier alpha value is -1.84. The lowest BCUT2D eigenvalue weighted by Gasteiger charge is -2.10. The van der Waals surface area contributed by atoms with Gasteiger partial charge >= 0.3 is 5.97 Å². The maximum Gasteiger partial charge on any atom is 0.338 e. The van der Waals surface area contributed by atoms with E-state index in [4.69, 9.17) is 4.74 Å². The number of carboxylic acids is 1. The van der Waals surface area contributed by atoms with Crippen molar-refractivity contribution in [2.24, 2.45) is 0 Å². The lowest BCUT2D eigenvalue weighted by Crippen LogP contribution is -2.25. The first-order valence-electron chi connectivity index (χ1n) is 8.14. The lowest BCUT2D eigenvalue weighted by atomic mass is 10.1. The van der Waals surface area contributed by atoms with Crippen molar-refractivity contribution in [1.82, 2.24) is 0 Å². The first kappa shape index (κ1) is 18.2. The van der Waals surface area contributed by atoms with Gasteiger partial charge in [-0.25, -0.2) is 4.79 Å². The topological polar surface area (TPSA) is 66.4 Å². The first-order valence-corrected chi connectivity index (χ1v) is 8.14. The second-order valence-electron chi connectivity index (χ2n) is 5.44. The van der Waals surface area contributed by atoms with Gasteiger partial charge in [0, 0.05) is 5.56 Å². The maximum atomic E-state index is 11.9. The van der Waals surface area contributed by atoms with Gasteiger partial charge in [0.05, 0.1) is 18.1 Å². The number of rotatable bonds is 11. The third-order valence-electron chi connectivity index (χ3n) is 3.60. The number of carbonyl (C=O) groups is 2. The number of unbranched alkanes of at least 4 members (excludes halogenated alkanes) is 7. The van der Waals surface area contributed by atoms with E-state index in [9.17, 15) is 14.7 Å². The van der Waals surface area contributed by atoms with E-state index < -0.39 is 11.9 Å². The van der Waals surface area contributed by atoms with Gasteiger partial charge in [0.25, 0.3) is 0 Å². The van der Waals surface area contributed by atoms with E-state index in [0.29, 0.717) is 6.61 Å². The quantitative estimate of drug-likeness (QED) is 0.464. The Morgan fingerprint density at radius 1 is 0.909 bits per heavy atom. The molecule has 0 aliphatic heterocycles. The molecule has 0 heterocycles. The number of carboxylic acid groups (broad SMARTS) is 1. The molecule has 1 rings (SSSR count). The minimum Gasteiger partial charge on any atom is -0.545 e. The Bertz CT molecular complexity index is 468. The fourth-order valence-electron chi connectivity index (χ4n) is 2.32. The summed E-state index contributed by atoms with van der Waals surface area (Å²) in [6.45, 7) is 2.53. The monoisotopic (exact) mass is 305 g/mol. The molecule has 1 aromatic rings. The van der Waals surface area contributed by atoms with E-state index in [1.165, 1.54) is 44.2 Å². The number of aromatic carboxylic acids is 1. The summed E-state index contributed by atoms with van der Waals surface area (Å²) in [5.41, 5.74) is -0.0644. The van der Waals surface area contributed by atoms with Crippen LogP contribution in [0.1, 0.15) is 79.0 Å². The minimum absolute atomic E-state index is 0.0575. The minimum atomic E-state index is -1.36. The lowest BCUT2D eigenvalue weighted by molar-refractivity contribution is -0.255. The average Bonchev–Trinajstić information content (AvgIpc) is 2.53. The second-order valence-corrected chi connectivity index (χ2v) is 5.44. The van der Waals surface area contributed by atoms with Crippen molar-refractivity contribution in [2.45, 2.75) is 58.3 Å². The zero-order valence-corrected chi connectivity index (χ0v) is 13.3.